The maximum atomic E-state index is 11.0. The van der Waals surface area contributed by atoms with Crippen molar-refractivity contribution in [2.24, 2.45) is 11.1 Å². The molecule has 6 heteroatoms. The highest BCUT2D eigenvalue weighted by Crippen LogP contribution is 2.34. The van der Waals surface area contributed by atoms with Crippen molar-refractivity contribution >= 4 is 11.7 Å². The molecule has 0 atom stereocenters. The van der Waals surface area contributed by atoms with Gasteiger partial charge < -0.3 is 14.7 Å². The number of rotatable bonds is 7. The number of benzene rings is 2. The zero-order valence-corrected chi connectivity index (χ0v) is 20.0. The van der Waals surface area contributed by atoms with Crippen LogP contribution < -0.4 is 4.74 Å². The number of carboxylic acid groups (broad SMARTS) is 1. The van der Waals surface area contributed by atoms with Crippen LogP contribution in [0, 0.1) is 12.8 Å². The van der Waals surface area contributed by atoms with E-state index in [0.29, 0.717) is 32.2 Å². The Kier molecular flexibility index (Phi) is 6.86. The van der Waals surface area contributed by atoms with Crippen LogP contribution in [0.15, 0.2) is 41.6 Å². The summed E-state index contributed by atoms with van der Waals surface area (Å²) >= 11 is 0. The van der Waals surface area contributed by atoms with Gasteiger partial charge in [-0.15, -0.1) is 0 Å². The minimum Gasteiger partial charge on any atom is -0.492 e. The fraction of sp³-hybridized carbons (Fsp3) is 0.500. The molecule has 34 heavy (non-hydrogen) atoms. The summed E-state index contributed by atoms with van der Waals surface area (Å²) in [5, 5.41) is 13.5. The Bertz CT molecular complexity index is 1070. The van der Waals surface area contributed by atoms with Gasteiger partial charge in [-0.25, -0.2) is 0 Å². The first kappa shape index (κ1) is 22.9. The fourth-order valence-electron chi connectivity index (χ4n) is 5.51. The Morgan fingerprint density at radius 2 is 1.91 bits per heavy atom. The molecule has 1 N–H and O–H groups in total. The molecular formula is C28H34N2O4. The van der Waals surface area contributed by atoms with Crippen molar-refractivity contribution in [2.45, 2.75) is 64.5 Å². The fourth-order valence-corrected chi connectivity index (χ4v) is 5.51. The number of hydrogen-bond acceptors (Lipinski definition) is 5. The maximum absolute atomic E-state index is 11.0. The minimum absolute atomic E-state index is 0.239. The molecule has 3 aliphatic rings. The van der Waals surface area contributed by atoms with Crippen LogP contribution in [0.5, 0.6) is 5.75 Å². The van der Waals surface area contributed by atoms with Crippen LogP contribution >= 0.6 is 0 Å². The van der Waals surface area contributed by atoms with Crippen molar-refractivity contribution in [1.29, 1.82) is 0 Å². The number of aryl methyl sites for hydroxylation is 1. The normalized spacial score (nSPS) is 20.4. The van der Waals surface area contributed by atoms with Crippen LogP contribution in [0.4, 0.5) is 0 Å². The van der Waals surface area contributed by atoms with E-state index in [1.165, 1.54) is 43.2 Å². The van der Waals surface area contributed by atoms with Gasteiger partial charge in [0.05, 0.1) is 18.2 Å². The molecule has 0 bridgehead atoms. The van der Waals surface area contributed by atoms with Crippen molar-refractivity contribution in [1.82, 2.24) is 4.90 Å². The molecule has 2 aliphatic heterocycles. The molecule has 2 heterocycles. The molecule has 0 unspecified atom stereocenters. The van der Waals surface area contributed by atoms with Crippen LogP contribution in [0.2, 0.25) is 0 Å². The number of fused-ring (bicyclic) bond motifs is 1. The molecular weight excluding hydrogens is 428 g/mol. The van der Waals surface area contributed by atoms with Crippen LogP contribution in [-0.4, -0.2) is 41.4 Å². The first-order valence-electron chi connectivity index (χ1n) is 12.6. The van der Waals surface area contributed by atoms with Crippen molar-refractivity contribution in [3.63, 3.8) is 0 Å². The molecule has 2 fully saturated rings. The van der Waals surface area contributed by atoms with E-state index < -0.39 is 5.97 Å². The number of carbonyl (C=O) groups is 1. The predicted molar refractivity (Wildman–Crippen MR) is 131 cm³/mol. The SMILES string of the molecule is Cc1cc(CON=C2CCOc3cc(CN4CC(C(=O)O)C4)ccc32)ccc1C1CCCCC1. The third kappa shape index (κ3) is 5.12. The summed E-state index contributed by atoms with van der Waals surface area (Å²) in [5.74, 6) is 0.597. The van der Waals surface area contributed by atoms with Gasteiger partial charge in [-0.2, -0.15) is 0 Å². The third-order valence-corrected chi connectivity index (χ3v) is 7.45. The zero-order valence-electron chi connectivity index (χ0n) is 20.0. The van der Waals surface area contributed by atoms with Gasteiger partial charge in [0.2, 0.25) is 0 Å². The highest BCUT2D eigenvalue weighted by Gasteiger charge is 2.32. The second kappa shape index (κ2) is 10.2. The van der Waals surface area contributed by atoms with Gasteiger partial charge >= 0.3 is 5.97 Å². The molecule has 1 aliphatic carbocycles. The van der Waals surface area contributed by atoms with Gasteiger partial charge in [0.1, 0.15) is 12.4 Å². The first-order valence-corrected chi connectivity index (χ1v) is 12.6. The average molecular weight is 463 g/mol. The summed E-state index contributed by atoms with van der Waals surface area (Å²) < 4.78 is 5.89. The average Bonchev–Trinajstić information content (AvgIpc) is 2.81. The number of likely N-dealkylation sites (tertiary alicyclic amines) is 1. The molecule has 180 valence electrons. The molecule has 1 saturated heterocycles. The summed E-state index contributed by atoms with van der Waals surface area (Å²) in [6, 6.07) is 12.9. The van der Waals surface area contributed by atoms with Crippen LogP contribution in [-0.2, 0) is 22.8 Å². The van der Waals surface area contributed by atoms with E-state index in [9.17, 15) is 4.79 Å². The van der Waals surface area contributed by atoms with E-state index in [2.05, 4.69) is 41.2 Å². The van der Waals surface area contributed by atoms with Gasteiger partial charge in [0.25, 0.3) is 0 Å². The van der Waals surface area contributed by atoms with Crippen molar-refractivity contribution in [3.8, 4) is 5.75 Å². The molecule has 0 amide bonds. The van der Waals surface area contributed by atoms with Gasteiger partial charge in [-0.05, 0) is 60.1 Å². The number of oxime groups is 1. The second-order valence-corrected chi connectivity index (χ2v) is 10.00. The summed E-state index contributed by atoms with van der Waals surface area (Å²) in [7, 11) is 0. The molecule has 2 aromatic rings. The van der Waals surface area contributed by atoms with E-state index in [0.717, 1.165) is 41.1 Å². The van der Waals surface area contributed by atoms with Crippen molar-refractivity contribution < 1.29 is 19.5 Å². The Balaban J connectivity index is 1.19. The largest absolute Gasteiger partial charge is 0.492 e. The number of aliphatic carboxylic acids is 1. The Morgan fingerprint density at radius 1 is 1.12 bits per heavy atom. The zero-order chi connectivity index (χ0) is 23.5. The van der Waals surface area contributed by atoms with E-state index in [4.69, 9.17) is 14.7 Å². The van der Waals surface area contributed by atoms with E-state index in [1.54, 1.807) is 0 Å². The second-order valence-electron chi connectivity index (χ2n) is 10.00. The van der Waals surface area contributed by atoms with Crippen LogP contribution in [0.25, 0.3) is 0 Å². The summed E-state index contributed by atoms with van der Waals surface area (Å²) in [4.78, 5) is 18.9. The standard InChI is InChI=1S/C28H34N2O4/c1-19-13-21(8-9-24(19)22-5-3-2-4-6-22)18-34-29-26-11-12-33-27-14-20(7-10-25(26)27)15-30-16-23(17-30)28(31)32/h7-10,13-14,22-23H,2-6,11-12,15-18H2,1H3,(H,31,32). The maximum Gasteiger partial charge on any atom is 0.309 e. The Labute approximate surface area is 201 Å². The molecule has 5 rings (SSSR count). The Hall–Kier alpha value is -2.86. The van der Waals surface area contributed by atoms with E-state index >= 15 is 0 Å². The number of nitrogens with zero attached hydrogens (tertiary/aromatic N) is 2. The summed E-state index contributed by atoms with van der Waals surface area (Å²) in [6.07, 6.45) is 7.43. The van der Waals surface area contributed by atoms with Gasteiger partial charge in [0, 0.05) is 31.6 Å². The van der Waals surface area contributed by atoms with Crippen molar-refractivity contribution in [3.05, 3.63) is 64.2 Å². The quantitative estimate of drug-likeness (QED) is 0.568. The topological polar surface area (TPSA) is 71.4 Å². The van der Waals surface area contributed by atoms with Crippen molar-refractivity contribution in [2.75, 3.05) is 19.7 Å². The molecule has 6 nitrogen and oxygen atoms in total. The third-order valence-electron chi connectivity index (χ3n) is 7.45. The van der Waals surface area contributed by atoms with Crippen LogP contribution in [0.3, 0.4) is 0 Å². The molecule has 1 saturated carbocycles. The lowest BCUT2D eigenvalue weighted by Crippen LogP contribution is -2.49. The monoisotopic (exact) mass is 462 g/mol. The summed E-state index contributed by atoms with van der Waals surface area (Å²) in [5.41, 5.74) is 7.03. The first-order chi connectivity index (χ1) is 16.6. The molecule has 0 aromatic heterocycles. The number of carboxylic acids is 1. The predicted octanol–water partition coefficient (Wildman–Crippen LogP) is 5.26. The number of hydrogen-bond donors (Lipinski definition) is 1. The lowest BCUT2D eigenvalue weighted by atomic mass is 9.82. The highest BCUT2D eigenvalue weighted by molar-refractivity contribution is 6.03. The lowest BCUT2D eigenvalue weighted by Gasteiger charge is -2.36. The van der Waals surface area contributed by atoms with E-state index in [1.807, 2.05) is 12.1 Å². The van der Waals surface area contributed by atoms with Gasteiger partial charge in [0.15, 0.2) is 0 Å². The molecule has 2 aromatic carbocycles. The number of ether oxygens (including phenoxy) is 1. The smallest absolute Gasteiger partial charge is 0.309 e. The Morgan fingerprint density at radius 3 is 2.68 bits per heavy atom. The van der Waals surface area contributed by atoms with Gasteiger partial charge in [-0.1, -0.05) is 48.7 Å². The molecule has 0 spiro atoms. The highest BCUT2D eigenvalue weighted by atomic mass is 16.6. The van der Waals surface area contributed by atoms with Crippen LogP contribution in [0.1, 0.15) is 72.3 Å². The van der Waals surface area contributed by atoms with E-state index in [-0.39, 0.29) is 5.92 Å². The minimum atomic E-state index is -0.707. The lowest BCUT2D eigenvalue weighted by molar-refractivity contribution is -0.147. The van der Waals surface area contributed by atoms with Gasteiger partial charge in [-0.3, -0.25) is 9.69 Å². The molecule has 0 radical (unpaired) electrons. The summed E-state index contributed by atoms with van der Waals surface area (Å²) in [6.45, 7) is 5.21.